The van der Waals surface area contributed by atoms with Crippen molar-refractivity contribution in [1.29, 1.82) is 0 Å². The van der Waals surface area contributed by atoms with Gasteiger partial charge in [0.2, 0.25) is 0 Å². The van der Waals surface area contributed by atoms with Crippen molar-refractivity contribution in [3.05, 3.63) is 42.2 Å². The zero-order valence-electron chi connectivity index (χ0n) is 12.5. The van der Waals surface area contributed by atoms with E-state index >= 15 is 0 Å². The second kappa shape index (κ2) is 5.88. The zero-order chi connectivity index (χ0) is 16.3. The summed E-state index contributed by atoms with van der Waals surface area (Å²) in [5, 5.41) is 15.8. The molecule has 0 radical (unpaired) electrons. The highest BCUT2D eigenvalue weighted by atomic mass is 16.5. The van der Waals surface area contributed by atoms with Crippen molar-refractivity contribution in [1.82, 2.24) is 9.78 Å². The maximum atomic E-state index is 12.2. The van der Waals surface area contributed by atoms with Crippen LogP contribution in [0.15, 0.2) is 36.7 Å². The van der Waals surface area contributed by atoms with E-state index in [1.54, 1.807) is 24.3 Å². The van der Waals surface area contributed by atoms with Crippen LogP contribution in [0.1, 0.15) is 24.2 Å². The first-order valence-electron chi connectivity index (χ1n) is 6.59. The van der Waals surface area contributed by atoms with Gasteiger partial charge < -0.3 is 15.2 Å². The predicted molar refractivity (Wildman–Crippen MR) is 80.1 cm³/mol. The molecule has 2 N–H and O–H groups in total. The Hall–Kier alpha value is -2.83. The van der Waals surface area contributed by atoms with Crippen LogP contribution in [-0.4, -0.2) is 33.9 Å². The number of amides is 1. The Morgan fingerprint density at radius 2 is 2.00 bits per heavy atom. The van der Waals surface area contributed by atoms with Crippen LogP contribution in [-0.2, 0) is 10.3 Å². The highest BCUT2D eigenvalue weighted by Crippen LogP contribution is 2.21. The maximum absolute atomic E-state index is 12.2. The van der Waals surface area contributed by atoms with E-state index in [1.165, 1.54) is 38.0 Å². The van der Waals surface area contributed by atoms with E-state index in [1.807, 2.05) is 0 Å². The van der Waals surface area contributed by atoms with Crippen molar-refractivity contribution >= 4 is 17.6 Å². The molecule has 1 aromatic carbocycles. The van der Waals surface area contributed by atoms with E-state index in [9.17, 15) is 9.59 Å². The van der Waals surface area contributed by atoms with Crippen LogP contribution in [0.25, 0.3) is 0 Å². The number of carbonyl (C=O) groups excluding carboxylic acids is 1. The number of carbonyl (C=O) groups is 2. The number of hydrogen-bond donors (Lipinski definition) is 2. The number of hydrogen-bond acceptors (Lipinski definition) is 4. The molecule has 2 rings (SSSR count). The monoisotopic (exact) mass is 303 g/mol. The second-order valence-electron chi connectivity index (χ2n) is 5.19. The number of anilines is 1. The molecule has 0 atom stereocenters. The Bertz CT molecular complexity index is 706. The topological polar surface area (TPSA) is 93.5 Å². The predicted octanol–water partition coefficient (Wildman–Crippen LogP) is 1.96. The molecule has 0 saturated carbocycles. The molecule has 1 aromatic heterocycles. The molecule has 0 spiro atoms. The first kappa shape index (κ1) is 15.6. The van der Waals surface area contributed by atoms with E-state index in [-0.39, 0.29) is 5.91 Å². The standard InChI is InChI=1S/C15H17N3O4/c1-15(2,14(20)21)18-9-10(8-16-18)17-13(19)11-6-4-5-7-12(11)22-3/h4-9H,1-3H3,(H,17,19)(H,20,21). The molecule has 2 aromatic rings. The number of aromatic nitrogens is 2. The number of nitrogens with zero attached hydrogens (tertiary/aromatic N) is 2. The van der Waals surface area contributed by atoms with Crippen LogP contribution in [0, 0.1) is 0 Å². The van der Waals surface area contributed by atoms with Crippen LogP contribution in [0.3, 0.4) is 0 Å². The van der Waals surface area contributed by atoms with Gasteiger partial charge in [-0.2, -0.15) is 5.10 Å². The molecule has 0 fully saturated rings. The van der Waals surface area contributed by atoms with E-state index in [0.717, 1.165) is 0 Å². The summed E-state index contributed by atoms with van der Waals surface area (Å²) in [5.41, 5.74) is -0.409. The Morgan fingerprint density at radius 1 is 1.32 bits per heavy atom. The fourth-order valence-electron chi connectivity index (χ4n) is 1.82. The molecule has 116 valence electrons. The smallest absolute Gasteiger partial charge is 0.331 e. The van der Waals surface area contributed by atoms with Gasteiger partial charge in [0.05, 0.1) is 24.6 Å². The third kappa shape index (κ3) is 2.93. The van der Waals surface area contributed by atoms with Gasteiger partial charge in [0, 0.05) is 6.20 Å². The molecule has 22 heavy (non-hydrogen) atoms. The molecule has 0 aliphatic carbocycles. The number of rotatable bonds is 5. The molecule has 0 unspecified atom stereocenters. The van der Waals surface area contributed by atoms with Crippen LogP contribution in [0.4, 0.5) is 5.69 Å². The lowest BCUT2D eigenvalue weighted by molar-refractivity contribution is -0.146. The van der Waals surface area contributed by atoms with Crippen molar-refractivity contribution in [2.24, 2.45) is 0 Å². The summed E-state index contributed by atoms with van der Waals surface area (Å²) in [5.74, 6) is -0.915. The van der Waals surface area contributed by atoms with Gasteiger partial charge in [0.15, 0.2) is 5.54 Å². The van der Waals surface area contributed by atoms with Crippen molar-refractivity contribution < 1.29 is 19.4 Å². The molecule has 0 saturated heterocycles. The van der Waals surface area contributed by atoms with Crippen LogP contribution < -0.4 is 10.1 Å². The summed E-state index contributed by atoms with van der Waals surface area (Å²) < 4.78 is 6.42. The third-order valence-electron chi connectivity index (χ3n) is 3.29. The lowest BCUT2D eigenvalue weighted by atomic mass is 10.1. The number of para-hydroxylation sites is 1. The van der Waals surface area contributed by atoms with Crippen LogP contribution >= 0.6 is 0 Å². The lowest BCUT2D eigenvalue weighted by Gasteiger charge is -2.19. The highest BCUT2D eigenvalue weighted by molar-refractivity contribution is 6.06. The third-order valence-corrected chi connectivity index (χ3v) is 3.29. The number of carboxylic acid groups (broad SMARTS) is 1. The number of carboxylic acids is 1. The van der Waals surface area contributed by atoms with Gasteiger partial charge in [-0.05, 0) is 26.0 Å². The average Bonchev–Trinajstić information content (AvgIpc) is 2.96. The Morgan fingerprint density at radius 3 is 2.64 bits per heavy atom. The molecule has 7 heteroatoms. The minimum Gasteiger partial charge on any atom is -0.496 e. The summed E-state index contributed by atoms with van der Waals surface area (Å²) in [7, 11) is 1.49. The van der Waals surface area contributed by atoms with E-state index in [0.29, 0.717) is 17.0 Å². The van der Waals surface area contributed by atoms with Crippen molar-refractivity contribution in [2.75, 3.05) is 12.4 Å². The van der Waals surface area contributed by atoms with Gasteiger partial charge in [-0.15, -0.1) is 0 Å². The molecular weight excluding hydrogens is 286 g/mol. The summed E-state index contributed by atoms with van der Waals surface area (Å²) >= 11 is 0. The van der Waals surface area contributed by atoms with Gasteiger partial charge in [-0.3, -0.25) is 9.48 Å². The SMILES string of the molecule is COc1ccccc1C(=O)Nc1cnn(C(C)(C)C(=O)O)c1. The number of benzene rings is 1. The molecule has 0 bridgehead atoms. The molecule has 1 amide bonds. The fourth-order valence-corrected chi connectivity index (χ4v) is 1.82. The van der Waals surface area contributed by atoms with Crippen LogP contribution in [0.2, 0.25) is 0 Å². The fraction of sp³-hybridized carbons (Fsp3) is 0.267. The van der Waals surface area contributed by atoms with Crippen LogP contribution in [0.5, 0.6) is 5.75 Å². The highest BCUT2D eigenvalue weighted by Gasteiger charge is 2.30. The normalized spacial score (nSPS) is 11.0. The lowest BCUT2D eigenvalue weighted by Crippen LogP contribution is -2.35. The summed E-state index contributed by atoms with van der Waals surface area (Å²) in [6, 6.07) is 6.82. The quantitative estimate of drug-likeness (QED) is 0.880. The first-order chi connectivity index (χ1) is 10.4. The van der Waals surface area contributed by atoms with Gasteiger partial charge in [-0.25, -0.2) is 4.79 Å². The number of ether oxygens (including phenoxy) is 1. The minimum atomic E-state index is -1.20. The zero-order valence-corrected chi connectivity index (χ0v) is 12.5. The summed E-state index contributed by atoms with van der Waals surface area (Å²) in [4.78, 5) is 23.4. The molecule has 0 aliphatic heterocycles. The molecule has 7 nitrogen and oxygen atoms in total. The Balaban J connectivity index is 2.20. The van der Waals surface area contributed by atoms with E-state index in [4.69, 9.17) is 9.84 Å². The van der Waals surface area contributed by atoms with Gasteiger partial charge in [0.1, 0.15) is 5.75 Å². The van der Waals surface area contributed by atoms with Crippen molar-refractivity contribution in [3.63, 3.8) is 0 Å². The van der Waals surface area contributed by atoms with Gasteiger partial charge in [-0.1, -0.05) is 12.1 Å². The summed E-state index contributed by atoms with van der Waals surface area (Å²) in [6.07, 6.45) is 2.87. The molecular formula is C15H17N3O4. The minimum absolute atomic E-state index is 0.356. The number of aliphatic carboxylic acids is 1. The molecule has 0 aliphatic rings. The number of nitrogens with one attached hydrogen (secondary N) is 1. The Kier molecular flexibility index (Phi) is 4.16. The van der Waals surface area contributed by atoms with E-state index in [2.05, 4.69) is 10.4 Å². The molecule has 1 heterocycles. The van der Waals surface area contributed by atoms with Gasteiger partial charge >= 0.3 is 5.97 Å². The van der Waals surface area contributed by atoms with Crippen molar-refractivity contribution in [3.8, 4) is 5.75 Å². The maximum Gasteiger partial charge on any atom is 0.331 e. The van der Waals surface area contributed by atoms with Gasteiger partial charge in [0.25, 0.3) is 5.91 Å². The van der Waals surface area contributed by atoms with Crippen molar-refractivity contribution in [2.45, 2.75) is 19.4 Å². The number of methoxy groups -OCH3 is 1. The average molecular weight is 303 g/mol. The Labute approximate surface area is 127 Å². The summed E-state index contributed by atoms with van der Waals surface area (Å²) in [6.45, 7) is 3.04. The second-order valence-corrected chi connectivity index (χ2v) is 5.19. The first-order valence-corrected chi connectivity index (χ1v) is 6.59. The largest absolute Gasteiger partial charge is 0.496 e. The van der Waals surface area contributed by atoms with E-state index < -0.39 is 11.5 Å².